The number of aryl methyl sites for hydroxylation is 1. The Hall–Kier alpha value is -1.08. The summed E-state index contributed by atoms with van der Waals surface area (Å²) in [6.45, 7) is 1.95. The van der Waals surface area contributed by atoms with Gasteiger partial charge in [-0.05, 0) is 24.6 Å². The zero-order chi connectivity index (χ0) is 8.55. The molecule has 0 bridgehead atoms. The summed E-state index contributed by atoms with van der Waals surface area (Å²) in [6, 6.07) is 8.74. The van der Waals surface area contributed by atoms with Crippen LogP contribution in [0.1, 0.15) is 5.56 Å². The fraction of sp³-hybridized carbons (Fsp3) is 0.100. The summed E-state index contributed by atoms with van der Waals surface area (Å²) in [7, 11) is 0. The second-order valence-corrected chi connectivity index (χ2v) is 3.05. The molecule has 1 radical (unpaired) electrons. The van der Waals surface area contributed by atoms with Gasteiger partial charge in [0.25, 0.3) is 0 Å². The first-order chi connectivity index (χ1) is 5.79. The summed E-state index contributed by atoms with van der Waals surface area (Å²) in [5, 5.41) is 1.74. The highest BCUT2D eigenvalue weighted by Crippen LogP contribution is 2.22. The molecule has 2 aromatic rings. The maximum atomic E-state index is 5.89. The molecular formula is C10H7ClN. The Bertz CT molecular complexity index is 423. The number of pyridine rings is 1. The zero-order valence-electron chi connectivity index (χ0n) is 6.63. The first-order valence-electron chi connectivity index (χ1n) is 3.70. The van der Waals surface area contributed by atoms with E-state index in [1.165, 1.54) is 0 Å². The SMILES string of the molecule is Cc1c(Cl)[c]cc2cccnc12. The topological polar surface area (TPSA) is 12.9 Å². The summed E-state index contributed by atoms with van der Waals surface area (Å²) in [5.41, 5.74) is 1.95. The van der Waals surface area contributed by atoms with Crippen LogP contribution in [0.3, 0.4) is 0 Å². The van der Waals surface area contributed by atoms with E-state index >= 15 is 0 Å². The minimum atomic E-state index is 0.654. The molecule has 0 amide bonds. The van der Waals surface area contributed by atoms with Gasteiger partial charge in [0.05, 0.1) is 10.5 Å². The molecule has 0 atom stereocenters. The van der Waals surface area contributed by atoms with Crippen molar-refractivity contribution in [2.75, 3.05) is 0 Å². The van der Waals surface area contributed by atoms with E-state index in [2.05, 4.69) is 11.1 Å². The van der Waals surface area contributed by atoms with Crippen molar-refractivity contribution in [2.45, 2.75) is 6.92 Å². The molecule has 0 saturated heterocycles. The normalized spacial score (nSPS) is 10.5. The Labute approximate surface area is 76.0 Å². The number of fused-ring (bicyclic) bond motifs is 1. The van der Waals surface area contributed by atoms with E-state index in [1.54, 1.807) is 6.20 Å². The molecule has 0 N–H and O–H groups in total. The molecule has 0 spiro atoms. The summed E-state index contributed by atoms with van der Waals surface area (Å²) in [4.78, 5) is 4.24. The van der Waals surface area contributed by atoms with E-state index < -0.39 is 0 Å². The monoisotopic (exact) mass is 176 g/mol. The molecule has 0 saturated carbocycles. The molecular weight excluding hydrogens is 170 g/mol. The van der Waals surface area contributed by atoms with Gasteiger partial charge in [0.15, 0.2) is 0 Å². The Kier molecular flexibility index (Phi) is 1.74. The van der Waals surface area contributed by atoms with Crippen molar-refractivity contribution >= 4 is 22.5 Å². The zero-order valence-corrected chi connectivity index (χ0v) is 7.39. The summed E-state index contributed by atoms with van der Waals surface area (Å²) in [6.07, 6.45) is 1.77. The smallest absolute Gasteiger partial charge is 0.0746 e. The lowest BCUT2D eigenvalue weighted by Gasteiger charge is -2.00. The van der Waals surface area contributed by atoms with Crippen LogP contribution in [-0.4, -0.2) is 4.98 Å². The highest BCUT2D eigenvalue weighted by molar-refractivity contribution is 6.32. The van der Waals surface area contributed by atoms with Crippen LogP contribution in [0.4, 0.5) is 0 Å². The van der Waals surface area contributed by atoms with E-state index in [0.717, 1.165) is 16.5 Å². The Morgan fingerprint density at radius 3 is 3.17 bits per heavy atom. The van der Waals surface area contributed by atoms with Gasteiger partial charge in [-0.2, -0.15) is 0 Å². The van der Waals surface area contributed by atoms with Crippen LogP contribution in [0.5, 0.6) is 0 Å². The minimum absolute atomic E-state index is 0.654. The molecule has 0 aliphatic heterocycles. The van der Waals surface area contributed by atoms with Crippen LogP contribution in [0.15, 0.2) is 24.4 Å². The van der Waals surface area contributed by atoms with Crippen LogP contribution < -0.4 is 0 Å². The van der Waals surface area contributed by atoms with Crippen molar-refractivity contribution < 1.29 is 0 Å². The lowest BCUT2D eigenvalue weighted by Crippen LogP contribution is -1.83. The average molecular weight is 177 g/mol. The average Bonchev–Trinajstić information content (AvgIpc) is 2.12. The van der Waals surface area contributed by atoms with Crippen molar-refractivity contribution in [1.29, 1.82) is 0 Å². The Balaban J connectivity index is 2.91. The van der Waals surface area contributed by atoms with Crippen molar-refractivity contribution in [3.05, 3.63) is 41.0 Å². The predicted octanol–water partition coefficient (Wildman–Crippen LogP) is 3.00. The number of rotatable bonds is 0. The third-order valence-corrected chi connectivity index (χ3v) is 2.27. The van der Waals surface area contributed by atoms with Crippen LogP contribution in [-0.2, 0) is 0 Å². The van der Waals surface area contributed by atoms with E-state index in [4.69, 9.17) is 11.6 Å². The third kappa shape index (κ3) is 1.07. The second-order valence-electron chi connectivity index (χ2n) is 2.67. The lowest BCUT2D eigenvalue weighted by molar-refractivity contribution is 1.36. The van der Waals surface area contributed by atoms with Crippen LogP contribution in [0.25, 0.3) is 10.9 Å². The van der Waals surface area contributed by atoms with Crippen LogP contribution in [0, 0.1) is 13.0 Å². The van der Waals surface area contributed by atoms with Crippen molar-refractivity contribution in [3.63, 3.8) is 0 Å². The summed E-state index contributed by atoms with van der Waals surface area (Å²) in [5.74, 6) is 0. The molecule has 0 aliphatic carbocycles. The molecule has 0 fully saturated rings. The van der Waals surface area contributed by atoms with Crippen molar-refractivity contribution in [1.82, 2.24) is 4.98 Å². The number of halogens is 1. The van der Waals surface area contributed by atoms with E-state index in [9.17, 15) is 0 Å². The highest BCUT2D eigenvalue weighted by Gasteiger charge is 2.00. The maximum absolute atomic E-state index is 5.89. The van der Waals surface area contributed by atoms with E-state index in [0.29, 0.717) is 5.02 Å². The molecule has 0 unspecified atom stereocenters. The number of hydrogen-bond acceptors (Lipinski definition) is 1. The lowest BCUT2D eigenvalue weighted by atomic mass is 10.1. The standard InChI is InChI=1S/C10H7ClN/c1-7-9(11)5-4-8-3-2-6-12-10(7)8/h2-4,6H,1H3. The molecule has 12 heavy (non-hydrogen) atoms. The van der Waals surface area contributed by atoms with E-state index in [-0.39, 0.29) is 0 Å². The Morgan fingerprint density at radius 1 is 1.50 bits per heavy atom. The fourth-order valence-corrected chi connectivity index (χ4v) is 1.34. The van der Waals surface area contributed by atoms with Gasteiger partial charge in [-0.25, -0.2) is 0 Å². The van der Waals surface area contributed by atoms with Crippen LogP contribution in [0.2, 0.25) is 5.02 Å². The summed E-state index contributed by atoms with van der Waals surface area (Å²) < 4.78 is 0. The van der Waals surface area contributed by atoms with Gasteiger partial charge in [-0.1, -0.05) is 17.7 Å². The molecule has 1 aromatic carbocycles. The molecule has 1 aromatic heterocycles. The fourth-order valence-electron chi connectivity index (χ4n) is 1.20. The molecule has 1 heterocycles. The highest BCUT2D eigenvalue weighted by atomic mass is 35.5. The van der Waals surface area contributed by atoms with Crippen LogP contribution >= 0.6 is 11.6 Å². The summed E-state index contributed by atoms with van der Waals surface area (Å²) >= 11 is 5.89. The van der Waals surface area contributed by atoms with E-state index in [1.807, 2.05) is 25.1 Å². The quantitative estimate of drug-likeness (QED) is 0.602. The maximum Gasteiger partial charge on any atom is 0.0746 e. The van der Waals surface area contributed by atoms with Crippen molar-refractivity contribution in [3.8, 4) is 0 Å². The number of aromatic nitrogens is 1. The number of nitrogens with zero attached hydrogens (tertiary/aromatic N) is 1. The molecule has 2 rings (SSSR count). The van der Waals surface area contributed by atoms with Crippen molar-refractivity contribution in [2.24, 2.45) is 0 Å². The van der Waals surface area contributed by atoms with Gasteiger partial charge in [-0.3, -0.25) is 4.98 Å². The first-order valence-corrected chi connectivity index (χ1v) is 4.08. The number of hydrogen-bond donors (Lipinski definition) is 0. The second kappa shape index (κ2) is 2.76. The third-order valence-electron chi connectivity index (χ3n) is 1.88. The molecule has 59 valence electrons. The predicted molar refractivity (Wildman–Crippen MR) is 50.3 cm³/mol. The largest absolute Gasteiger partial charge is 0.256 e. The van der Waals surface area contributed by atoms with Gasteiger partial charge in [-0.15, -0.1) is 0 Å². The molecule has 1 nitrogen and oxygen atoms in total. The number of benzene rings is 1. The molecule has 0 aliphatic rings. The van der Waals surface area contributed by atoms with Gasteiger partial charge >= 0.3 is 0 Å². The van der Waals surface area contributed by atoms with Gasteiger partial charge in [0.2, 0.25) is 0 Å². The minimum Gasteiger partial charge on any atom is -0.256 e. The molecule has 2 heteroatoms. The van der Waals surface area contributed by atoms with Gasteiger partial charge < -0.3 is 0 Å². The first kappa shape index (κ1) is 7.56. The van der Waals surface area contributed by atoms with Gasteiger partial charge in [0.1, 0.15) is 0 Å². The Morgan fingerprint density at radius 2 is 2.33 bits per heavy atom. The van der Waals surface area contributed by atoms with Gasteiger partial charge in [0, 0.05) is 17.6 Å².